The van der Waals surface area contributed by atoms with Gasteiger partial charge in [-0.1, -0.05) is 0 Å². The van der Waals surface area contributed by atoms with Gasteiger partial charge < -0.3 is 19.1 Å². The number of nitrogens with zero attached hydrogens (tertiary/aromatic N) is 1. The number of likely N-dealkylation sites (N-methyl/N-ethyl adjacent to an activating group) is 1. The first-order chi connectivity index (χ1) is 12.5. The summed E-state index contributed by atoms with van der Waals surface area (Å²) in [7, 11) is 4.83. The Bertz CT molecular complexity index is 737. The normalized spacial score (nSPS) is 10.6. The van der Waals surface area contributed by atoms with Crippen molar-refractivity contribution in [2.24, 2.45) is 0 Å². The molecule has 0 fully saturated rings. The Morgan fingerprint density at radius 3 is 2.23 bits per heavy atom. The van der Waals surface area contributed by atoms with Crippen molar-refractivity contribution >= 4 is 12.0 Å². The number of hydrogen-bond donors (Lipinski definition) is 0. The molecule has 138 valence electrons. The summed E-state index contributed by atoms with van der Waals surface area (Å²) in [4.78, 5) is 13.7. The minimum atomic E-state index is -0.316. The lowest BCUT2D eigenvalue weighted by atomic mass is 10.2. The molecule has 2 aromatic carbocycles. The Kier molecular flexibility index (Phi) is 7.02. The van der Waals surface area contributed by atoms with Gasteiger partial charge in [-0.2, -0.15) is 0 Å². The average molecular weight is 359 g/mol. The second-order valence-electron chi connectivity index (χ2n) is 5.54. The summed E-state index contributed by atoms with van der Waals surface area (Å²) >= 11 is 0. The third-order valence-corrected chi connectivity index (χ3v) is 3.68. The van der Waals surface area contributed by atoms with Gasteiger partial charge in [0.15, 0.2) is 0 Å². The van der Waals surface area contributed by atoms with Crippen LogP contribution in [0.3, 0.4) is 0 Å². The van der Waals surface area contributed by atoms with E-state index in [0.29, 0.717) is 30.4 Å². The molecule has 0 atom stereocenters. The van der Waals surface area contributed by atoms with Crippen molar-refractivity contribution in [1.29, 1.82) is 0 Å². The highest BCUT2D eigenvalue weighted by Crippen LogP contribution is 2.23. The predicted octanol–water partition coefficient (Wildman–Crippen LogP) is 3.39. The molecule has 1 amide bonds. The van der Waals surface area contributed by atoms with Gasteiger partial charge in [0.1, 0.15) is 29.7 Å². The van der Waals surface area contributed by atoms with Crippen LogP contribution in [0.15, 0.2) is 48.5 Å². The van der Waals surface area contributed by atoms with Crippen LogP contribution in [-0.2, 0) is 4.79 Å². The van der Waals surface area contributed by atoms with E-state index < -0.39 is 0 Å². The van der Waals surface area contributed by atoms with Gasteiger partial charge >= 0.3 is 0 Å². The number of hydrogen-bond acceptors (Lipinski definition) is 4. The first kappa shape index (κ1) is 19.3. The number of ether oxygens (including phenoxy) is 3. The number of carbonyl (C=O) groups excluding carboxylic acids is 1. The highest BCUT2D eigenvalue weighted by molar-refractivity contribution is 5.91. The lowest BCUT2D eigenvalue weighted by Gasteiger charge is -2.15. The second-order valence-corrected chi connectivity index (χ2v) is 5.54. The molecule has 0 saturated heterocycles. The highest BCUT2D eigenvalue weighted by Gasteiger charge is 2.06. The van der Waals surface area contributed by atoms with Gasteiger partial charge in [0.2, 0.25) is 5.91 Å². The molecule has 2 aromatic rings. The molecule has 2 rings (SSSR count). The molecule has 0 spiro atoms. The van der Waals surface area contributed by atoms with Gasteiger partial charge in [-0.3, -0.25) is 4.79 Å². The van der Waals surface area contributed by atoms with Gasteiger partial charge in [0, 0.05) is 19.2 Å². The molecule has 0 aromatic heterocycles. The number of rotatable bonds is 8. The van der Waals surface area contributed by atoms with Crippen molar-refractivity contribution in [3.8, 4) is 17.2 Å². The third-order valence-electron chi connectivity index (χ3n) is 3.68. The summed E-state index contributed by atoms with van der Waals surface area (Å²) in [6, 6.07) is 11.1. The van der Waals surface area contributed by atoms with E-state index in [1.54, 1.807) is 45.5 Å². The smallest absolute Gasteiger partial charge is 0.246 e. The number of benzene rings is 2. The molecule has 0 N–H and O–H groups in total. The Morgan fingerprint density at radius 2 is 1.65 bits per heavy atom. The molecule has 5 nitrogen and oxygen atoms in total. The maximum atomic E-state index is 12.8. The van der Waals surface area contributed by atoms with Crippen LogP contribution in [0, 0.1) is 5.82 Å². The van der Waals surface area contributed by atoms with E-state index in [2.05, 4.69) is 0 Å². The van der Waals surface area contributed by atoms with E-state index >= 15 is 0 Å². The minimum absolute atomic E-state index is 0.158. The van der Waals surface area contributed by atoms with Crippen LogP contribution in [0.5, 0.6) is 17.2 Å². The molecule has 0 unspecified atom stereocenters. The van der Waals surface area contributed by atoms with E-state index in [1.807, 2.05) is 12.1 Å². The number of carbonyl (C=O) groups is 1. The summed E-state index contributed by atoms with van der Waals surface area (Å²) in [6.45, 7) is 0.719. The van der Waals surface area contributed by atoms with Crippen molar-refractivity contribution in [2.75, 3.05) is 34.4 Å². The standard InChI is InChI=1S/C20H22FNO4/c1-22(10-11-26-17-7-5-16(21)6-8-17)20(23)9-4-15-12-18(24-2)14-19(13-15)25-3/h4-9,12-14H,10-11H2,1-3H3/b9-4+. The Balaban J connectivity index is 1.87. The Morgan fingerprint density at radius 1 is 1.04 bits per heavy atom. The van der Waals surface area contributed by atoms with Crippen molar-refractivity contribution in [1.82, 2.24) is 4.90 Å². The van der Waals surface area contributed by atoms with Crippen LogP contribution < -0.4 is 14.2 Å². The van der Waals surface area contributed by atoms with Crippen LogP contribution in [0.1, 0.15) is 5.56 Å². The quantitative estimate of drug-likeness (QED) is 0.678. The Labute approximate surface area is 152 Å². The molecule has 26 heavy (non-hydrogen) atoms. The van der Waals surface area contributed by atoms with E-state index in [1.165, 1.54) is 23.1 Å². The topological polar surface area (TPSA) is 48.0 Å². The van der Waals surface area contributed by atoms with Crippen LogP contribution in [-0.4, -0.2) is 45.2 Å². The molecule has 0 radical (unpaired) electrons. The molecule has 0 aliphatic rings. The summed E-state index contributed by atoms with van der Waals surface area (Å²) in [5.74, 6) is 1.39. The fourth-order valence-corrected chi connectivity index (χ4v) is 2.16. The van der Waals surface area contributed by atoms with Gasteiger partial charge in [-0.05, 0) is 48.0 Å². The number of methoxy groups -OCH3 is 2. The molecule has 0 saturated carbocycles. The van der Waals surface area contributed by atoms with Crippen LogP contribution in [0.2, 0.25) is 0 Å². The fourth-order valence-electron chi connectivity index (χ4n) is 2.16. The van der Waals surface area contributed by atoms with Crippen molar-refractivity contribution < 1.29 is 23.4 Å². The highest BCUT2D eigenvalue weighted by atomic mass is 19.1. The average Bonchev–Trinajstić information content (AvgIpc) is 2.67. The predicted molar refractivity (Wildman–Crippen MR) is 98.1 cm³/mol. The lowest BCUT2D eigenvalue weighted by molar-refractivity contribution is -0.125. The molecule has 0 heterocycles. The van der Waals surface area contributed by atoms with E-state index in [4.69, 9.17) is 14.2 Å². The van der Waals surface area contributed by atoms with Crippen molar-refractivity contribution in [2.45, 2.75) is 0 Å². The largest absolute Gasteiger partial charge is 0.497 e. The van der Waals surface area contributed by atoms with Crippen LogP contribution in [0.4, 0.5) is 4.39 Å². The third kappa shape index (κ3) is 5.81. The van der Waals surface area contributed by atoms with Crippen LogP contribution >= 0.6 is 0 Å². The number of amides is 1. The molecular weight excluding hydrogens is 337 g/mol. The molecule has 0 aliphatic heterocycles. The number of halogens is 1. The van der Waals surface area contributed by atoms with Gasteiger partial charge in [0.25, 0.3) is 0 Å². The zero-order chi connectivity index (χ0) is 18.9. The van der Waals surface area contributed by atoms with Gasteiger partial charge in [0.05, 0.1) is 20.8 Å². The Hall–Kier alpha value is -3.02. The summed E-state index contributed by atoms with van der Waals surface area (Å²) in [5.41, 5.74) is 0.797. The summed E-state index contributed by atoms with van der Waals surface area (Å²) in [5, 5.41) is 0. The first-order valence-corrected chi connectivity index (χ1v) is 8.06. The van der Waals surface area contributed by atoms with E-state index in [0.717, 1.165) is 5.56 Å². The van der Waals surface area contributed by atoms with E-state index in [9.17, 15) is 9.18 Å². The summed E-state index contributed by atoms with van der Waals surface area (Å²) < 4.78 is 28.7. The zero-order valence-electron chi connectivity index (χ0n) is 15.1. The minimum Gasteiger partial charge on any atom is -0.497 e. The molecular formula is C20H22FNO4. The van der Waals surface area contributed by atoms with Crippen molar-refractivity contribution in [3.63, 3.8) is 0 Å². The molecule has 6 heteroatoms. The maximum absolute atomic E-state index is 12.8. The lowest BCUT2D eigenvalue weighted by Crippen LogP contribution is -2.29. The second kappa shape index (κ2) is 9.46. The van der Waals surface area contributed by atoms with Gasteiger partial charge in [-0.15, -0.1) is 0 Å². The molecule has 0 bridgehead atoms. The van der Waals surface area contributed by atoms with Crippen molar-refractivity contribution in [3.05, 3.63) is 59.9 Å². The summed E-state index contributed by atoms with van der Waals surface area (Å²) in [6.07, 6.45) is 3.18. The maximum Gasteiger partial charge on any atom is 0.246 e. The van der Waals surface area contributed by atoms with E-state index in [-0.39, 0.29) is 11.7 Å². The van der Waals surface area contributed by atoms with Gasteiger partial charge in [-0.25, -0.2) is 4.39 Å². The SMILES string of the molecule is COc1cc(/C=C/C(=O)N(C)CCOc2ccc(F)cc2)cc(OC)c1. The fraction of sp³-hybridized carbons (Fsp3) is 0.250. The zero-order valence-corrected chi connectivity index (χ0v) is 15.1. The molecule has 0 aliphatic carbocycles. The van der Waals surface area contributed by atoms with Crippen LogP contribution in [0.25, 0.3) is 6.08 Å². The monoisotopic (exact) mass is 359 g/mol. The first-order valence-electron chi connectivity index (χ1n) is 8.06.